The Morgan fingerprint density at radius 3 is 2.24 bits per heavy atom. The number of halogens is 1. The lowest BCUT2D eigenvalue weighted by atomic mass is 10.1. The number of sulfone groups is 1. The Hall–Kier alpha value is -3.10. The van der Waals surface area contributed by atoms with Crippen molar-refractivity contribution >= 4 is 38.9 Å². The zero-order valence-electron chi connectivity index (χ0n) is 17.7. The second-order valence-corrected chi connectivity index (χ2v) is 10.7. The molecule has 2 N–H and O–H groups in total. The molecular formula is C24H23ClN2O5S. The van der Waals surface area contributed by atoms with Crippen molar-refractivity contribution in [3.8, 4) is 0 Å². The Morgan fingerprint density at radius 2 is 1.64 bits per heavy atom. The number of hydrogen-bond donors (Lipinski definition) is 2. The van der Waals surface area contributed by atoms with Crippen molar-refractivity contribution in [2.24, 2.45) is 0 Å². The Bertz CT molecular complexity index is 1230. The third kappa shape index (κ3) is 4.67. The molecule has 9 heteroatoms. The van der Waals surface area contributed by atoms with Gasteiger partial charge in [-0.15, -0.1) is 0 Å². The van der Waals surface area contributed by atoms with Gasteiger partial charge in [0.2, 0.25) is 5.91 Å². The first-order valence-corrected chi connectivity index (χ1v) is 12.4. The molecule has 3 aromatic rings. The highest BCUT2D eigenvalue weighted by Gasteiger charge is 2.52. The van der Waals surface area contributed by atoms with E-state index in [-0.39, 0.29) is 35.9 Å². The summed E-state index contributed by atoms with van der Waals surface area (Å²) in [5.41, 5.74) is 1.35. The monoisotopic (exact) mass is 486 g/mol. The Labute approximate surface area is 197 Å². The SMILES string of the molecule is O=C(Nc1ccc(CNC(=O)C2(S(=O)(=O)c3ccc(Cl)cc3)CCCC2)cc1)c1ccco1. The van der Waals surface area contributed by atoms with Gasteiger partial charge in [-0.25, -0.2) is 8.42 Å². The number of amides is 2. The smallest absolute Gasteiger partial charge is 0.291 e. The highest BCUT2D eigenvalue weighted by Crippen LogP contribution is 2.41. The average Bonchev–Trinajstić information content (AvgIpc) is 3.52. The first-order valence-electron chi connectivity index (χ1n) is 10.5. The van der Waals surface area contributed by atoms with E-state index in [0.717, 1.165) is 5.56 Å². The van der Waals surface area contributed by atoms with E-state index >= 15 is 0 Å². The third-order valence-electron chi connectivity index (χ3n) is 5.87. The van der Waals surface area contributed by atoms with Crippen molar-refractivity contribution < 1.29 is 22.4 Å². The van der Waals surface area contributed by atoms with Crippen LogP contribution in [0.3, 0.4) is 0 Å². The molecular weight excluding hydrogens is 464 g/mol. The summed E-state index contributed by atoms with van der Waals surface area (Å²) in [5.74, 6) is -0.656. The number of furan rings is 1. The predicted octanol–water partition coefficient (Wildman–Crippen LogP) is 4.59. The van der Waals surface area contributed by atoms with E-state index in [4.69, 9.17) is 16.0 Å². The standard InChI is InChI=1S/C24H23ClN2O5S/c25-18-7-11-20(12-8-18)33(30,31)24(13-1-2-14-24)23(29)26-16-17-5-9-19(10-6-17)27-22(28)21-4-3-15-32-21/h3-12,15H,1-2,13-14,16H2,(H,26,29)(H,27,28). The molecule has 1 aromatic heterocycles. The third-order valence-corrected chi connectivity index (χ3v) is 8.64. The summed E-state index contributed by atoms with van der Waals surface area (Å²) >= 11 is 5.90. The van der Waals surface area contributed by atoms with Crippen LogP contribution in [-0.2, 0) is 21.2 Å². The van der Waals surface area contributed by atoms with E-state index in [2.05, 4.69) is 10.6 Å². The quantitative estimate of drug-likeness (QED) is 0.508. The molecule has 7 nitrogen and oxygen atoms in total. The molecule has 1 heterocycles. The fourth-order valence-electron chi connectivity index (χ4n) is 4.05. The van der Waals surface area contributed by atoms with Gasteiger partial charge in [0.05, 0.1) is 11.2 Å². The maximum absolute atomic E-state index is 13.4. The summed E-state index contributed by atoms with van der Waals surface area (Å²) in [6.45, 7) is 0.170. The van der Waals surface area contributed by atoms with Gasteiger partial charge in [0.1, 0.15) is 0 Å². The van der Waals surface area contributed by atoms with E-state index in [1.807, 2.05) is 0 Å². The Morgan fingerprint density at radius 1 is 0.970 bits per heavy atom. The molecule has 0 saturated heterocycles. The molecule has 1 aliphatic carbocycles. The molecule has 0 radical (unpaired) electrons. The molecule has 0 spiro atoms. The van der Waals surface area contributed by atoms with Crippen LogP contribution in [0, 0.1) is 0 Å². The van der Waals surface area contributed by atoms with E-state index in [1.165, 1.54) is 30.5 Å². The molecule has 2 aromatic carbocycles. The van der Waals surface area contributed by atoms with Crippen LogP contribution < -0.4 is 10.6 Å². The van der Waals surface area contributed by atoms with Gasteiger partial charge < -0.3 is 15.1 Å². The number of carbonyl (C=O) groups is 2. The van der Waals surface area contributed by atoms with Crippen LogP contribution in [0.4, 0.5) is 5.69 Å². The predicted molar refractivity (Wildman–Crippen MR) is 125 cm³/mol. The summed E-state index contributed by atoms with van der Waals surface area (Å²) in [4.78, 5) is 25.3. The van der Waals surface area contributed by atoms with Gasteiger partial charge >= 0.3 is 0 Å². The number of carbonyl (C=O) groups excluding carboxylic acids is 2. The van der Waals surface area contributed by atoms with Crippen molar-refractivity contribution in [3.63, 3.8) is 0 Å². The van der Waals surface area contributed by atoms with Crippen LogP contribution >= 0.6 is 11.6 Å². The summed E-state index contributed by atoms with van der Waals surface area (Å²) < 4.78 is 30.4. The molecule has 4 rings (SSSR count). The normalized spacial score (nSPS) is 15.2. The number of anilines is 1. The van der Waals surface area contributed by atoms with Gasteiger partial charge in [0.25, 0.3) is 5.91 Å². The van der Waals surface area contributed by atoms with Crippen molar-refractivity contribution in [2.45, 2.75) is 41.9 Å². The maximum atomic E-state index is 13.4. The highest BCUT2D eigenvalue weighted by atomic mass is 35.5. The lowest BCUT2D eigenvalue weighted by Gasteiger charge is -2.27. The summed E-state index contributed by atoms with van der Waals surface area (Å²) in [7, 11) is -3.89. The molecule has 1 saturated carbocycles. The van der Waals surface area contributed by atoms with E-state index in [1.54, 1.807) is 36.4 Å². The van der Waals surface area contributed by atoms with Crippen LogP contribution in [0.15, 0.2) is 76.2 Å². The molecule has 1 fully saturated rings. The van der Waals surface area contributed by atoms with Crippen LogP contribution in [0.5, 0.6) is 0 Å². The van der Waals surface area contributed by atoms with E-state index in [0.29, 0.717) is 23.6 Å². The van der Waals surface area contributed by atoms with Crippen molar-refractivity contribution in [3.05, 3.63) is 83.3 Å². The Balaban J connectivity index is 1.44. The van der Waals surface area contributed by atoms with Gasteiger partial charge in [0.15, 0.2) is 20.3 Å². The Kier molecular flexibility index (Phi) is 6.58. The number of rotatable bonds is 7. The molecule has 1 aliphatic rings. The minimum absolute atomic E-state index is 0.0978. The fourth-order valence-corrected chi connectivity index (χ4v) is 6.27. The topological polar surface area (TPSA) is 105 Å². The van der Waals surface area contributed by atoms with Crippen molar-refractivity contribution in [2.75, 3.05) is 5.32 Å². The fraction of sp³-hybridized carbons (Fsp3) is 0.250. The van der Waals surface area contributed by atoms with Crippen molar-refractivity contribution in [1.82, 2.24) is 5.32 Å². The highest BCUT2D eigenvalue weighted by molar-refractivity contribution is 7.93. The number of hydrogen-bond acceptors (Lipinski definition) is 5. The van der Waals surface area contributed by atoms with Gasteiger partial charge in [0, 0.05) is 17.3 Å². The van der Waals surface area contributed by atoms with Gasteiger partial charge in [-0.05, 0) is 66.9 Å². The molecule has 2 amide bonds. The summed E-state index contributed by atoms with van der Waals surface area (Å²) in [6, 6.07) is 16.0. The van der Waals surface area contributed by atoms with Crippen molar-refractivity contribution in [1.29, 1.82) is 0 Å². The summed E-state index contributed by atoms with van der Waals surface area (Å²) in [6.07, 6.45) is 3.32. The van der Waals surface area contributed by atoms with Gasteiger partial charge in [-0.2, -0.15) is 0 Å². The van der Waals surface area contributed by atoms with E-state index < -0.39 is 20.5 Å². The second kappa shape index (κ2) is 9.41. The first kappa shape index (κ1) is 23.1. The number of nitrogens with one attached hydrogen (secondary N) is 2. The zero-order valence-corrected chi connectivity index (χ0v) is 19.3. The van der Waals surface area contributed by atoms with E-state index in [9.17, 15) is 18.0 Å². The molecule has 33 heavy (non-hydrogen) atoms. The van der Waals surface area contributed by atoms with Gasteiger partial charge in [-0.1, -0.05) is 36.6 Å². The zero-order chi connectivity index (χ0) is 23.5. The lowest BCUT2D eigenvalue weighted by molar-refractivity contribution is -0.123. The minimum atomic E-state index is -3.89. The molecule has 0 atom stereocenters. The summed E-state index contributed by atoms with van der Waals surface area (Å²) in [5, 5.41) is 5.96. The van der Waals surface area contributed by atoms with Crippen LogP contribution in [-0.4, -0.2) is 25.0 Å². The van der Waals surface area contributed by atoms with Gasteiger partial charge in [-0.3, -0.25) is 9.59 Å². The van der Waals surface area contributed by atoms with Crippen LogP contribution in [0.2, 0.25) is 5.02 Å². The molecule has 172 valence electrons. The first-order chi connectivity index (χ1) is 15.8. The molecule has 0 aliphatic heterocycles. The lowest BCUT2D eigenvalue weighted by Crippen LogP contribution is -2.50. The number of benzene rings is 2. The largest absolute Gasteiger partial charge is 0.459 e. The minimum Gasteiger partial charge on any atom is -0.459 e. The molecule has 0 unspecified atom stereocenters. The van der Waals surface area contributed by atoms with Crippen LogP contribution in [0.25, 0.3) is 0 Å². The van der Waals surface area contributed by atoms with Crippen LogP contribution in [0.1, 0.15) is 41.8 Å². The molecule has 0 bridgehead atoms. The second-order valence-electron chi connectivity index (χ2n) is 7.97. The maximum Gasteiger partial charge on any atom is 0.291 e. The average molecular weight is 487 g/mol.